The Bertz CT molecular complexity index is 1410. The molecule has 0 aliphatic carbocycles. The molecule has 0 spiro atoms. The van der Waals surface area contributed by atoms with Crippen molar-refractivity contribution in [2.24, 2.45) is 5.14 Å². The van der Waals surface area contributed by atoms with Crippen LogP contribution >= 0.6 is 0 Å². The molecule has 0 fully saturated rings. The first-order valence-corrected chi connectivity index (χ1v) is 12.0. The van der Waals surface area contributed by atoms with Crippen molar-refractivity contribution in [2.75, 3.05) is 5.32 Å². The summed E-state index contributed by atoms with van der Waals surface area (Å²) >= 11 is 0. The fraction of sp³-hybridized carbons (Fsp3) is 0.120. The van der Waals surface area contributed by atoms with Crippen molar-refractivity contribution in [3.63, 3.8) is 0 Å². The van der Waals surface area contributed by atoms with Crippen LogP contribution in [-0.4, -0.2) is 20.2 Å². The number of para-hydroxylation sites is 1. The number of hydrogen-bond acceptors (Lipinski definition) is 5. The van der Waals surface area contributed by atoms with Crippen molar-refractivity contribution < 1.29 is 22.4 Å². The number of nitrogens with one attached hydrogen (secondary N) is 2. The molecule has 1 heterocycles. The normalized spacial score (nSPS) is 12.3. The van der Waals surface area contributed by atoms with E-state index in [2.05, 4.69) is 10.6 Å². The van der Waals surface area contributed by atoms with Crippen molar-refractivity contribution >= 4 is 38.5 Å². The number of furan rings is 1. The van der Waals surface area contributed by atoms with Crippen molar-refractivity contribution in [3.8, 4) is 0 Å². The SMILES string of the molecule is CC(NC(=O)Cc1ccc(NC(=O)c2cc3ccccc3o2)cc1)c1ccc(S(N)(=O)=O)cc1. The molecule has 174 valence electrons. The van der Waals surface area contributed by atoms with Crippen LogP contribution in [0.15, 0.2) is 88.2 Å². The van der Waals surface area contributed by atoms with E-state index >= 15 is 0 Å². The zero-order chi connectivity index (χ0) is 24.3. The molecule has 9 heteroatoms. The molecule has 0 bridgehead atoms. The molecule has 3 aromatic carbocycles. The predicted octanol–water partition coefficient (Wildman–Crippen LogP) is 3.75. The highest BCUT2D eigenvalue weighted by molar-refractivity contribution is 7.89. The average molecular weight is 478 g/mol. The van der Waals surface area contributed by atoms with Gasteiger partial charge in [0, 0.05) is 11.1 Å². The molecule has 0 radical (unpaired) electrons. The van der Waals surface area contributed by atoms with E-state index in [4.69, 9.17) is 9.56 Å². The summed E-state index contributed by atoms with van der Waals surface area (Å²) in [6.07, 6.45) is 0.150. The summed E-state index contributed by atoms with van der Waals surface area (Å²) in [6, 6.07) is 21.8. The third-order valence-electron chi connectivity index (χ3n) is 5.31. The first kappa shape index (κ1) is 23.2. The van der Waals surface area contributed by atoms with Gasteiger partial charge in [0.15, 0.2) is 5.76 Å². The highest BCUT2D eigenvalue weighted by atomic mass is 32.2. The van der Waals surface area contributed by atoms with E-state index in [9.17, 15) is 18.0 Å². The maximum atomic E-state index is 12.5. The molecule has 0 saturated heterocycles. The van der Waals surface area contributed by atoms with Crippen LogP contribution < -0.4 is 15.8 Å². The second-order valence-corrected chi connectivity index (χ2v) is 9.44. The topological polar surface area (TPSA) is 132 Å². The summed E-state index contributed by atoms with van der Waals surface area (Å²) in [5, 5.41) is 11.6. The Labute approximate surface area is 196 Å². The highest BCUT2D eigenvalue weighted by Gasteiger charge is 2.14. The first-order chi connectivity index (χ1) is 16.2. The third kappa shape index (κ3) is 5.51. The van der Waals surface area contributed by atoms with E-state index in [0.29, 0.717) is 11.3 Å². The number of anilines is 1. The Balaban J connectivity index is 1.32. The summed E-state index contributed by atoms with van der Waals surface area (Å²) in [6.45, 7) is 1.81. The Morgan fingerprint density at radius 2 is 1.65 bits per heavy atom. The van der Waals surface area contributed by atoms with E-state index in [0.717, 1.165) is 16.5 Å². The summed E-state index contributed by atoms with van der Waals surface area (Å²) in [7, 11) is -3.76. The number of sulfonamides is 1. The first-order valence-electron chi connectivity index (χ1n) is 10.5. The Hall–Kier alpha value is -3.95. The van der Waals surface area contributed by atoms with E-state index in [1.807, 2.05) is 18.2 Å². The molecule has 0 aliphatic rings. The fourth-order valence-corrected chi connectivity index (χ4v) is 4.02. The van der Waals surface area contributed by atoms with Crippen molar-refractivity contribution in [1.29, 1.82) is 0 Å². The van der Waals surface area contributed by atoms with Crippen molar-refractivity contribution in [2.45, 2.75) is 24.3 Å². The zero-order valence-electron chi connectivity index (χ0n) is 18.3. The second kappa shape index (κ2) is 9.50. The molecule has 4 aromatic rings. The van der Waals surface area contributed by atoms with E-state index in [1.54, 1.807) is 55.5 Å². The number of rotatable bonds is 7. The smallest absolute Gasteiger partial charge is 0.291 e. The standard InChI is InChI=1S/C25H23N3O5S/c1-16(18-8-12-21(13-9-18)34(26,31)32)27-24(29)14-17-6-10-20(11-7-17)28-25(30)23-15-19-4-2-3-5-22(19)33-23/h2-13,15-16H,14H2,1H3,(H,27,29)(H,28,30)(H2,26,31,32). The molecular weight excluding hydrogens is 454 g/mol. The predicted molar refractivity (Wildman–Crippen MR) is 129 cm³/mol. The highest BCUT2D eigenvalue weighted by Crippen LogP contribution is 2.20. The molecule has 4 rings (SSSR count). The van der Waals surface area contributed by atoms with Gasteiger partial charge in [-0.2, -0.15) is 0 Å². The van der Waals surface area contributed by atoms with Gasteiger partial charge in [-0.25, -0.2) is 13.6 Å². The van der Waals surface area contributed by atoms with Gasteiger partial charge in [0.1, 0.15) is 5.58 Å². The van der Waals surface area contributed by atoms with Crippen LogP contribution in [0.25, 0.3) is 11.0 Å². The number of fused-ring (bicyclic) bond motifs is 1. The van der Waals surface area contributed by atoms with Gasteiger partial charge in [-0.05, 0) is 54.4 Å². The number of hydrogen-bond donors (Lipinski definition) is 3. The largest absolute Gasteiger partial charge is 0.451 e. The van der Waals surface area contributed by atoms with Gasteiger partial charge in [0.05, 0.1) is 17.4 Å². The maximum absolute atomic E-state index is 12.5. The number of amides is 2. The number of carbonyl (C=O) groups is 2. The minimum Gasteiger partial charge on any atom is -0.451 e. The lowest BCUT2D eigenvalue weighted by Crippen LogP contribution is -2.28. The van der Waals surface area contributed by atoms with Crippen molar-refractivity contribution in [3.05, 3.63) is 95.7 Å². The van der Waals surface area contributed by atoms with Crippen LogP contribution in [0.1, 0.15) is 34.6 Å². The second-order valence-electron chi connectivity index (χ2n) is 7.88. The van der Waals surface area contributed by atoms with E-state index in [1.165, 1.54) is 12.1 Å². The van der Waals surface area contributed by atoms with Crippen LogP contribution in [0.4, 0.5) is 5.69 Å². The third-order valence-corrected chi connectivity index (χ3v) is 6.24. The molecule has 0 saturated carbocycles. The van der Waals surface area contributed by atoms with Gasteiger partial charge in [-0.3, -0.25) is 9.59 Å². The van der Waals surface area contributed by atoms with Gasteiger partial charge in [-0.15, -0.1) is 0 Å². The zero-order valence-corrected chi connectivity index (χ0v) is 19.1. The van der Waals surface area contributed by atoms with Gasteiger partial charge in [0.25, 0.3) is 5.91 Å². The van der Waals surface area contributed by atoms with Gasteiger partial charge in [0.2, 0.25) is 15.9 Å². The molecule has 1 unspecified atom stereocenters. The molecule has 8 nitrogen and oxygen atoms in total. The quantitative estimate of drug-likeness (QED) is 0.373. The number of nitrogens with two attached hydrogens (primary N) is 1. The van der Waals surface area contributed by atoms with Crippen LogP contribution in [0.5, 0.6) is 0 Å². The van der Waals surface area contributed by atoms with Gasteiger partial charge in [-0.1, -0.05) is 42.5 Å². The Morgan fingerprint density at radius 1 is 0.971 bits per heavy atom. The summed E-state index contributed by atoms with van der Waals surface area (Å²) < 4.78 is 28.3. The molecule has 2 amide bonds. The van der Waals surface area contributed by atoms with Crippen LogP contribution in [-0.2, 0) is 21.2 Å². The summed E-state index contributed by atoms with van der Waals surface area (Å²) in [5.41, 5.74) is 2.75. The van der Waals surface area contributed by atoms with Crippen LogP contribution in [0.3, 0.4) is 0 Å². The minimum atomic E-state index is -3.76. The Morgan fingerprint density at radius 3 is 2.29 bits per heavy atom. The number of benzene rings is 3. The van der Waals surface area contributed by atoms with Crippen LogP contribution in [0.2, 0.25) is 0 Å². The summed E-state index contributed by atoms with van der Waals surface area (Å²) in [4.78, 5) is 24.9. The maximum Gasteiger partial charge on any atom is 0.291 e. The van der Waals surface area contributed by atoms with Gasteiger partial charge >= 0.3 is 0 Å². The molecular formula is C25H23N3O5S. The number of primary sulfonamides is 1. The van der Waals surface area contributed by atoms with E-state index < -0.39 is 10.0 Å². The average Bonchev–Trinajstić information content (AvgIpc) is 3.24. The molecule has 1 atom stereocenters. The lowest BCUT2D eigenvalue weighted by Gasteiger charge is -2.15. The van der Waals surface area contributed by atoms with E-state index in [-0.39, 0.29) is 34.9 Å². The minimum absolute atomic E-state index is 0.0160. The Kier molecular flexibility index (Phi) is 6.49. The van der Waals surface area contributed by atoms with Gasteiger partial charge < -0.3 is 15.1 Å². The van der Waals surface area contributed by atoms with Crippen molar-refractivity contribution in [1.82, 2.24) is 5.32 Å². The summed E-state index contributed by atoms with van der Waals surface area (Å²) in [5.74, 6) is -0.332. The molecule has 1 aromatic heterocycles. The van der Waals surface area contributed by atoms with Crippen LogP contribution in [0, 0.1) is 0 Å². The monoisotopic (exact) mass is 477 g/mol. The lowest BCUT2D eigenvalue weighted by atomic mass is 10.1. The molecule has 34 heavy (non-hydrogen) atoms. The number of carbonyl (C=O) groups excluding carboxylic acids is 2. The molecule has 4 N–H and O–H groups in total. The fourth-order valence-electron chi connectivity index (χ4n) is 3.50. The lowest BCUT2D eigenvalue weighted by molar-refractivity contribution is -0.121. The molecule has 0 aliphatic heterocycles.